The minimum Gasteiger partial charge on any atom is -0.497 e. The second-order valence-electron chi connectivity index (χ2n) is 7.80. The van der Waals surface area contributed by atoms with Gasteiger partial charge in [-0.2, -0.15) is 0 Å². The summed E-state index contributed by atoms with van der Waals surface area (Å²) in [6.07, 6.45) is 2.63. The van der Waals surface area contributed by atoms with E-state index in [1.165, 1.54) is 11.3 Å². The Morgan fingerprint density at radius 3 is 2.53 bits per heavy atom. The van der Waals surface area contributed by atoms with Gasteiger partial charge in [-0.05, 0) is 49.4 Å². The number of nitrogens with zero attached hydrogens (tertiary/aromatic N) is 3. The smallest absolute Gasteiger partial charge is 0.317 e. The number of likely N-dealkylation sites (tertiary alicyclic amines) is 1. The summed E-state index contributed by atoms with van der Waals surface area (Å²) < 4.78 is 5.12. The highest BCUT2D eigenvalue weighted by atomic mass is 32.1. The molecule has 2 heterocycles. The van der Waals surface area contributed by atoms with E-state index in [4.69, 9.17) is 4.74 Å². The van der Waals surface area contributed by atoms with E-state index in [0.717, 1.165) is 30.0 Å². The molecule has 0 atom stereocenters. The number of carbonyl (C=O) groups is 2. The van der Waals surface area contributed by atoms with E-state index in [0.29, 0.717) is 36.2 Å². The molecule has 1 aromatic heterocycles. The predicted octanol–water partition coefficient (Wildman–Crippen LogP) is 3.73. The molecule has 1 fully saturated rings. The van der Waals surface area contributed by atoms with Crippen LogP contribution in [-0.4, -0.2) is 53.8 Å². The number of hydrogen-bond donors (Lipinski definition) is 2. The molecule has 2 N–H and O–H groups in total. The molecule has 1 aromatic carbocycles. The summed E-state index contributed by atoms with van der Waals surface area (Å²) in [5, 5.41) is 15.3. The van der Waals surface area contributed by atoms with Gasteiger partial charge in [0.15, 0.2) is 0 Å². The van der Waals surface area contributed by atoms with Gasteiger partial charge in [0, 0.05) is 31.2 Å². The number of aromatic nitrogens is 2. The van der Waals surface area contributed by atoms with Crippen molar-refractivity contribution in [2.24, 2.45) is 5.92 Å². The molecule has 0 unspecified atom stereocenters. The number of methoxy groups -OCH3 is 1. The van der Waals surface area contributed by atoms with Crippen LogP contribution in [0.5, 0.6) is 5.75 Å². The largest absolute Gasteiger partial charge is 0.497 e. The number of hydrogen-bond acceptors (Lipinski definition) is 6. The van der Waals surface area contributed by atoms with E-state index in [9.17, 15) is 9.59 Å². The quantitative estimate of drug-likeness (QED) is 0.696. The number of carbonyl (C=O) groups excluding carboxylic acids is 2. The van der Waals surface area contributed by atoms with Crippen molar-refractivity contribution >= 4 is 29.0 Å². The molecular formula is C21H29N5O3S. The summed E-state index contributed by atoms with van der Waals surface area (Å²) in [5.74, 6) is 1.26. The van der Waals surface area contributed by atoms with Gasteiger partial charge in [-0.25, -0.2) is 4.79 Å². The molecule has 3 rings (SSSR count). The maximum Gasteiger partial charge on any atom is 0.317 e. The highest BCUT2D eigenvalue weighted by Crippen LogP contribution is 2.30. The molecule has 0 saturated carbocycles. The third kappa shape index (κ3) is 5.91. The molecule has 162 valence electrons. The highest BCUT2D eigenvalue weighted by molar-refractivity contribution is 7.13. The van der Waals surface area contributed by atoms with Crippen LogP contribution in [0.3, 0.4) is 0 Å². The average molecular weight is 432 g/mol. The van der Waals surface area contributed by atoms with Gasteiger partial charge in [0.05, 0.1) is 7.11 Å². The molecule has 1 aliphatic rings. The maximum atomic E-state index is 12.5. The summed E-state index contributed by atoms with van der Waals surface area (Å²) in [4.78, 5) is 26.6. The van der Waals surface area contributed by atoms with Crippen LogP contribution in [-0.2, 0) is 0 Å². The number of piperidine rings is 1. The molecule has 1 aliphatic heterocycles. The Bertz CT molecular complexity index is 845. The summed E-state index contributed by atoms with van der Waals surface area (Å²) in [6.45, 7) is 6.37. The minimum atomic E-state index is -0.272. The second kappa shape index (κ2) is 10.4. The number of ether oxygens (including phenoxy) is 1. The zero-order chi connectivity index (χ0) is 21.5. The van der Waals surface area contributed by atoms with Gasteiger partial charge in [0.2, 0.25) is 5.01 Å². The third-order valence-electron chi connectivity index (χ3n) is 5.11. The number of rotatable bonds is 7. The van der Waals surface area contributed by atoms with E-state index in [1.807, 2.05) is 4.90 Å². The van der Waals surface area contributed by atoms with Crippen LogP contribution >= 0.6 is 11.3 Å². The van der Waals surface area contributed by atoms with Crippen LogP contribution in [0, 0.1) is 5.92 Å². The van der Waals surface area contributed by atoms with Crippen LogP contribution in [0.15, 0.2) is 24.3 Å². The standard InChI is InChI=1S/C21H29N5O3S/c1-14(2)8-11-22-21(28)26-12-9-15(10-13-26)19-24-25-20(30-19)18(27)23-16-4-6-17(29-3)7-5-16/h4-7,14-15H,8-13H2,1-3H3,(H,22,28)(H,23,27). The van der Waals surface area contributed by atoms with Crippen molar-refractivity contribution in [2.45, 2.75) is 39.0 Å². The van der Waals surface area contributed by atoms with Gasteiger partial charge < -0.3 is 20.3 Å². The fourth-order valence-electron chi connectivity index (χ4n) is 3.26. The Hall–Kier alpha value is -2.68. The number of amides is 3. The van der Waals surface area contributed by atoms with Gasteiger partial charge in [0.1, 0.15) is 10.8 Å². The van der Waals surface area contributed by atoms with Gasteiger partial charge in [-0.15, -0.1) is 10.2 Å². The molecule has 0 aliphatic carbocycles. The van der Waals surface area contributed by atoms with Gasteiger partial charge in [-0.3, -0.25) is 4.79 Å². The normalized spacial score (nSPS) is 14.6. The molecule has 8 nitrogen and oxygen atoms in total. The molecular weight excluding hydrogens is 402 g/mol. The fourth-order valence-corrected chi connectivity index (χ4v) is 4.17. The first kappa shape index (κ1) is 22.0. The number of urea groups is 1. The SMILES string of the molecule is COc1ccc(NC(=O)c2nnc(C3CCN(C(=O)NCCC(C)C)CC3)s2)cc1. The highest BCUT2D eigenvalue weighted by Gasteiger charge is 2.27. The first-order valence-electron chi connectivity index (χ1n) is 10.3. The van der Waals surface area contributed by atoms with Crippen LogP contribution in [0.4, 0.5) is 10.5 Å². The van der Waals surface area contributed by atoms with Crippen molar-refractivity contribution in [3.05, 3.63) is 34.3 Å². The zero-order valence-corrected chi connectivity index (χ0v) is 18.5. The molecule has 0 radical (unpaired) electrons. The Balaban J connectivity index is 1.49. The van der Waals surface area contributed by atoms with Crippen LogP contribution in [0.2, 0.25) is 0 Å². The number of nitrogens with one attached hydrogen (secondary N) is 2. The van der Waals surface area contributed by atoms with Crippen molar-refractivity contribution in [1.82, 2.24) is 20.4 Å². The molecule has 9 heteroatoms. The zero-order valence-electron chi connectivity index (χ0n) is 17.7. The van der Waals surface area contributed by atoms with E-state index >= 15 is 0 Å². The minimum absolute atomic E-state index is 0.00548. The Morgan fingerprint density at radius 2 is 1.90 bits per heavy atom. The van der Waals surface area contributed by atoms with Crippen molar-refractivity contribution < 1.29 is 14.3 Å². The van der Waals surface area contributed by atoms with E-state index < -0.39 is 0 Å². The Morgan fingerprint density at radius 1 is 1.20 bits per heavy atom. The third-order valence-corrected chi connectivity index (χ3v) is 6.20. The molecule has 2 aromatic rings. The molecule has 1 saturated heterocycles. The van der Waals surface area contributed by atoms with Gasteiger partial charge >= 0.3 is 6.03 Å². The van der Waals surface area contributed by atoms with Crippen molar-refractivity contribution in [1.29, 1.82) is 0 Å². The molecule has 0 spiro atoms. The average Bonchev–Trinajstić information content (AvgIpc) is 3.24. The maximum absolute atomic E-state index is 12.5. The number of anilines is 1. The monoisotopic (exact) mass is 431 g/mol. The summed E-state index contributed by atoms with van der Waals surface area (Å²) in [7, 11) is 1.60. The molecule has 3 amide bonds. The van der Waals surface area contributed by atoms with Gasteiger partial charge in [0.25, 0.3) is 5.91 Å². The second-order valence-corrected chi connectivity index (χ2v) is 8.81. The summed E-state index contributed by atoms with van der Waals surface area (Å²) >= 11 is 1.32. The van der Waals surface area contributed by atoms with E-state index in [2.05, 4.69) is 34.7 Å². The first-order chi connectivity index (χ1) is 14.5. The number of benzene rings is 1. The lowest BCUT2D eigenvalue weighted by Crippen LogP contribution is -2.44. The van der Waals surface area contributed by atoms with Crippen LogP contribution in [0.25, 0.3) is 0 Å². The summed E-state index contributed by atoms with van der Waals surface area (Å²) in [6, 6.07) is 7.13. The van der Waals surface area contributed by atoms with Crippen LogP contribution < -0.4 is 15.4 Å². The predicted molar refractivity (Wildman–Crippen MR) is 117 cm³/mol. The van der Waals surface area contributed by atoms with E-state index in [1.54, 1.807) is 31.4 Å². The summed E-state index contributed by atoms with van der Waals surface area (Å²) in [5.41, 5.74) is 0.675. The van der Waals surface area contributed by atoms with Crippen LogP contribution in [0.1, 0.15) is 53.8 Å². The topological polar surface area (TPSA) is 96.4 Å². The first-order valence-corrected chi connectivity index (χ1v) is 11.1. The molecule has 30 heavy (non-hydrogen) atoms. The Labute approximate surface area is 181 Å². The lowest BCUT2D eigenvalue weighted by Gasteiger charge is -2.31. The molecule has 0 bridgehead atoms. The fraction of sp³-hybridized carbons (Fsp3) is 0.524. The Kier molecular flexibility index (Phi) is 7.62. The lowest BCUT2D eigenvalue weighted by atomic mass is 9.98. The van der Waals surface area contributed by atoms with Gasteiger partial charge in [-0.1, -0.05) is 25.2 Å². The van der Waals surface area contributed by atoms with Crippen molar-refractivity contribution in [3.63, 3.8) is 0 Å². The van der Waals surface area contributed by atoms with Crippen molar-refractivity contribution in [3.8, 4) is 5.75 Å². The lowest BCUT2D eigenvalue weighted by molar-refractivity contribution is 0.102. The van der Waals surface area contributed by atoms with E-state index in [-0.39, 0.29) is 17.9 Å². The van der Waals surface area contributed by atoms with Crippen molar-refractivity contribution in [2.75, 3.05) is 32.1 Å².